The maximum Gasteiger partial charge on any atom is 0.0727 e. The molecule has 3 nitrogen and oxygen atoms in total. The molecular weight excluding hydrogens is 148 g/mol. The zero-order valence-corrected chi connectivity index (χ0v) is 6.01. The van der Waals surface area contributed by atoms with Crippen molar-refractivity contribution in [3.63, 3.8) is 0 Å². The SMILES string of the molecule is O=NNc1ccccc1S. The van der Waals surface area contributed by atoms with Gasteiger partial charge in [-0.25, -0.2) is 5.43 Å². The van der Waals surface area contributed by atoms with Crippen LogP contribution >= 0.6 is 12.6 Å². The Balaban J connectivity index is 2.91. The van der Waals surface area contributed by atoms with Gasteiger partial charge < -0.3 is 0 Å². The summed E-state index contributed by atoms with van der Waals surface area (Å²) in [5, 5.41) is 2.52. The maximum absolute atomic E-state index is 9.73. The predicted octanol–water partition coefficient (Wildman–Crippen LogP) is 2.07. The van der Waals surface area contributed by atoms with Gasteiger partial charge in [0.25, 0.3) is 0 Å². The van der Waals surface area contributed by atoms with E-state index in [0.29, 0.717) is 10.6 Å². The summed E-state index contributed by atoms with van der Waals surface area (Å²) in [4.78, 5) is 10.4. The Bertz CT molecular complexity index is 239. The largest absolute Gasteiger partial charge is 0.241 e. The zero-order valence-electron chi connectivity index (χ0n) is 5.11. The van der Waals surface area contributed by atoms with Crippen molar-refractivity contribution in [2.75, 3.05) is 5.43 Å². The normalized spacial score (nSPS) is 8.90. The van der Waals surface area contributed by atoms with Gasteiger partial charge >= 0.3 is 0 Å². The second-order valence-corrected chi connectivity index (χ2v) is 2.20. The van der Waals surface area contributed by atoms with Gasteiger partial charge in [0.2, 0.25) is 0 Å². The van der Waals surface area contributed by atoms with Crippen LogP contribution < -0.4 is 5.43 Å². The number of para-hydroxylation sites is 1. The van der Waals surface area contributed by atoms with Crippen LogP contribution in [0, 0.1) is 4.91 Å². The van der Waals surface area contributed by atoms with Crippen LogP contribution in [-0.4, -0.2) is 0 Å². The Kier molecular flexibility index (Phi) is 2.28. The molecule has 0 aliphatic rings. The molecule has 0 bridgehead atoms. The molecule has 1 N–H and O–H groups in total. The third-order valence-corrected chi connectivity index (χ3v) is 1.46. The van der Waals surface area contributed by atoms with Gasteiger partial charge in [0, 0.05) is 4.90 Å². The van der Waals surface area contributed by atoms with E-state index in [2.05, 4.69) is 23.3 Å². The van der Waals surface area contributed by atoms with Gasteiger partial charge in [0.15, 0.2) is 0 Å². The zero-order chi connectivity index (χ0) is 7.40. The molecule has 0 fully saturated rings. The Morgan fingerprint density at radius 1 is 1.40 bits per heavy atom. The number of nitrogens with one attached hydrogen (secondary N) is 1. The van der Waals surface area contributed by atoms with E-state index in [9.17, 15) is 4.91 Å². The van der Waals surface area contributed by atoms with Crippen LogP contribution in [0.5, 0.6) is 0 Å². The second kappa shape index (κ2) is 3.22. The van der Waals surface area contributed by atoms with E-state index in [1.807, 2.05) is 6.07 Å². The van der Waals surface area contributed by atoms with Crippen LogP contribution in [0.15, 0.2) is 34.4 Å². The highest BCUT2D eigenvalue weighted by Gasteiger charge is 1.93. The molecule has 52 valence electrons. The summed E-state index contributed by atoms with van der Waals surface area (Å²) in [6, 6.07) is 7.13. The standard InChI is InChI=1S/C6H6N2OS/c9-8-7-5-3-1-2-4-6(5)10/h1-4,10H,(H,7,9). The first kappa shape index (κ1) is 7.08. The van der Waals surface area contributed by atoms with Crippen molar-refractivity contribution in [1.82, 2.24) is 0 Å². The van der Waals surface area contributed by atoms with Crippen molar-refractivity contribution in [2.45, 2.75) is 4.90 Å². The molecule has 0 aliphatic heterocycles. The second-order valence-electron chi connectivity index (χ2n) is 1.72. The van der Waals surface area contributed by atoms with Crippen LogP contribution in [0.4, 0.5) is 5.69 Å². The lowest BCUT2D eigenvalue weighted by Crippen LogP contribution is -1.85. The average Bonchev–Trinajstić information content (AvgIpc) is 1.94. The summed E-state index contributed by atoms with van der Waals surface area (Å²) in [6.45, 7) is 0. The molecule has 0 atom stereocenters. The number of nitroso groups, excluding NO2 is 1. The molecule has 1 aromatic carbocycles. The van der Waals surface area contributed by atoms with E-state index in [4.69, 9.17) is 0 Å². The molecule has 0 heterocycles. The van der Waals surface area contributed by atoms with Crippen LogP contribution in [0.1, 0.15) is 0 Å². The molecule has 0 radical (unpaired) electrons. The summed E-state index contributed by atoms with van der Waals surface area (Å²) in [5.74, 6) is 0. The van der Waals surface area contributed by atoms with Crippen molar-refractivity contribution in [3.05, 3.63) is 29.2 Å². The Morgan fingerprint density at radius 3 is 2.70 bits per heavy atom. The molecule has 0 unspecified atom stereocenters. The number of benzene rings is 1. The van der Waals surface area contributed by atoms with E-state index in [1.165, 1.54) is 0 Å². The van der Waals surface area contributed by atoms with Gasteiger partial charge in [-0.1, -0.05) is 12.1 Å². The highest BCUT2D eigenvalue weighted by molar-refractivity contribution is 7.80. The molecule has 0 saturated heterocycles. The molecule has 1 aromatic rings. The fraction of sp³-hybridized carbons (Fsp3) is 0. The molecule has 1 rings (SSSR count). The number of nitrogens with zero attached hydrogens (tertiary/aromatic N) is 1. The lowest BCUT2D eigenvalue weighted by molar-refractivity contribution is 1.27. The minimum Gasteiger partial charge on any atom is -0.241 e. The lowest BCUT2D eigenvalue weighted by Gasteiger charge is -1.98. The highest BCUT2D eigenvalue weighted by Crippen LogP contribution is 2.17. The van der Waals surface area contributed by atoms with Gasteiger partial charge in [0.05, 0.1) is 11.0 Å². The van der Waals surface area contributed by atoms with Gasteiger partial charge in [0.1, 0.15) is 0 Å². The molecule has 0 spiro atoms. The van der Waals surface area contributed by atoms with Crippen molar-refractivity contribution < 1.29 is 0 Å². The van der Waals surface area contributed by atoms with E-state index >= 15 is 0 Å². The molecule has 0 saturated carbocycles. The minimum absolute atomic E-state index is 0.626. The van der Waals surface area contributed by atoms with Crippen LogP contribution in [-0.2, 0) is 0 Å². The van der Waals surface area contributed by atoms with Crippen molar-refractivity contribution >= 4 is 18.3 Å². The fourth-order valence-electron chi connectivity index (χ4n) is 0.617. The summed E-state index contributed by atoms with van der Waals surface area (Å²) in [6.07, 6.45) is 0. The molecule has 0 amide bonds. The first-order chi connectivity index (χ1) is 4.84. The molecule has 4 heteroatoms. The number of hydrogen-bond acceptors (Lipinski definition) is 3. The van der Waals surface area contributed by atoms with E-state index in [-0.39, 0.29) is 0 Å². The van der Waals surface area contributed by atoms with Gasteiger partial charge in [-0.15, -0.1) is 17.5 Å². The molecular formula is C6H6N2OS. The van der Waals surface area contributed by atoms with Gasteiger partial charge in [-0.05, 0) is 12.1 Å². The third-order valence-electron chi connectivity index (χ3n) is 1.07. The van der Waals surface area contributed by atoms with Gasteiger partial charge in [-0.2, -0.15) is 0 Å². The number of thiol groups is 1. The third kappa shape index (κ3) is 1.48. The molecule has 0 aromatic heterocycles. The molecule has 0 aliphatic carbocycles. The summed E-state index contributed by atoms with van der Waals surface area (Å²) < 4.78 is 0. The van der Waals surface area contributed by atoms with Crippen LogP contribution in [0.2, 0.25) is 0 Å². The minimum atomic E-state index is 0.626. The predicted molar refractivity (Wildman–Crippen MR) is 43.1 cm³/mol. The van der Waals surface area contributed by atoms with Crippen molar-refractivity contribution in [2.24, 2.45) is 5.29 Å². The smallest absolute Gasteiger partial charge is 0.0727 e. The lowest BCUT2D eigenvalue weighted by atomic mass is 10.3. The van der Waals surface area contributed by atoms with Gasteiger partial charge in [-0.3, -0.25) is 0 Å². The molecule has 10 heavy (non-hydrogen) atoms. The van der Waals surface area contributed by atoms with E-state index < -0.39 is 0 Å². The first-order valence-corrected chi connectivity index (χ1v) is 3.15. The number of hydrogen-bond donors (Lipinski definition) is 2. The van der Waals surface area contributed by atoms with Crippen molar-refractivity contribution in [1.29, 1.82) is 0 Å². The summed E-state index contributed by atoms with van der Waals surface area (Å²) >= 11 is 4.07. The maximum atomic E-state index is 9.73. The Hall–Kier alpha value is -1.03. The van der Waals surface area contributed by atoms with Crippen molar-refractivity contribution in [3.8, 4) is 0 Å². The topological polar surface area (TPSA) is 41.5 Å². The quantitative estimate of drug-likeness (QED) is 0.389. The first-order valence-electron chi connectivity index (χ1n) is 2.71. The van der Waals surface area contributed by atoms with Crippen LogP contribution in [0.3, 0.4) is 0 Å². The van der Waals surface area contributed by atoms with E-state index in [1.54, 1.807) is 18.2 Å². The fourth-order valence-corrected chi connectivity index (χ4v) is 0.828. The Labute approximate surface area is 63.8 Å². The average molecular weight is 154 g/mol. The highest BCUT2D eigenvalue weighted by atomic mass is 32.1. The monoisotopic (exact) mass is 154 g/mol. The number of rotatable bonds is 2. The van der Waals surface area contributed by atoms with E-state index in [0.717, 1.165) is 0 Å². The summed E-state index contributed by atoms with van der Waals surface area (Å²) in [5.41, 5.74) is 2.89. The Morgan fingerprint density at radius 2 is 2.10 bits per heavy atom. The summed E-state index contributed by atoms with van der Waals surface area (Å²) in [7, 11) is 0. The number of anilines is 1. The van der Waals surface area contributed by atoms with Crippen LogP contribution in [0.25, 0.3) is 0 Å².